The molecule has 0 radical (unpaired) electrons. The predicted molar refractivity (Wildman–Crippen MR) is 57.3 cm³/mol. The van der Waals surface area contributed by atoms with Crippen LogP contribution in [0.25, 0.3) is 0 Å². The standard InChI is InChI=1S/C12H20O3/c1-5-12(3)8(2)11(12)9(13)6-7-10(14)15-4/h8,11H,5-7H2,1-4H3. The Labute approximate surface area is 91.2 Å². The van der Waals surface area contributed by atoms with Gasteiger partial charge in [0.25, 0.3) is 0 Å². The summed E-state index contributed by atoms with van der Waals surface area (Å²) >= 11 is 0. The first-order valence-corrected chi connectivity index (χ1v) is 5.57. The van der Waals surface area contributed by atoms with Crippen molar-refractivity contribution in [3.8, 4) is 0 Å². The van der Waals surface area contributed by atoms with Gasteiger partial charge in [0.05, 0.1) is 13.5 Å². The number of ketones is 1. The zero-order valence-electron chi connectivity index (χ0n) is 10.0. The van der Waals surface area contributed by atoms with E-state index >= 15 is 0 Å². The quantitative estimate of drug-likeness (QED) is 0.656. The normalized spacial score (nSPS) is 33.6. The van der Waals surface area contributed by atoms with Gasteiger partial charge in [-0.25, -0.2) is 0 Å². The molecule has 86 valence electrons. The fraction of sp³-hybridized carbons (Fsp3) is 0.833. The molecule has 3 nitrogen and oxygen atoms in total. The van der Waals surface area contributed by atoms with Gasteiger partial charge in [0.2, 0.25) is 0 Å². The average molecular weight is 212 g/mol. The van der Waals surface area contributed by atoms with Crippen LogP contribution in [0.5, 0.6) is 0 Å². The SMILES string of the molecule is CCC1(C)C(C)C1C(=O)CCC(=O)OC. The smallest absolute Gasteiger partial charge is 0.305 e. The van der Waals surface area contributed by atoms with Crippen molar-refractivity contribution in [1.82, 2.24) is 0 Å². The maximum atomic E-state index is 11.8. The van der Waals surface area contributed by atoms with Crippen LogP contribution in [0.4, 0.5) is 0 Å². The number of carbonyl (C=O) groups is 2. The fourth-order valence-electron chi connectivity index (χ4n) is 2.47. The van der Waals surface area contributed by atoms with Crippen LogP contribution in [0.2, 0.25) is 0 Å². The highest BCUT2D eigenvalue weighted by Gasteiger charge is 2.59. The molecule has 3 unspecified atom stereocenters. The molecule has 0 spiro atoms. The highest BCUT2D eigenvalue weighted by molar-refractivity contribution is 5.88. The van der Waals surface area contributed by atoms with Gasteiger partial charge in [-0.2, -0.15) is 0 Å². The van der Waals surface area contributed by atoms with Gasteiger partial charge < -0.3 is 4.74 Å². The highest BCUT2D eigenvalue weighted by atomic mass is 16.5. The Balaban J connectivity index is 2.41. The topological polar surface area (TPSA) is 43.4 Å². The van der Waals surface area contributed by atoms with E-state index in [1.807, 2.05) is 0 Å². The zero-order chi connectivity index (χ0) is 11.6. The third kappa shape index (κ3) is 2.21. The fourth-order valence-corrected chi connectivity index (χ4v) is 2.47. The van der Waals surface area contributed by atoms with Crippen LogP contribution in [0, 0.1) is 17.3 Å². The number of rotatable bonds is 5. The van der Waals surface area contributed by atoms with E-state index in [1.165, 1.54) is 7.11 Å². The first-order valence-electron chi connectivity index (χ1n) is 5.57. The predicted octanol–water partition coefficient (Wildman–Crippen LogP) is 2.19. The Bertz CT molecular complexity index is 272. The van der Waals surface area contributed by atoms with Gasteiger partial charge in [-0.15, -0.1) is 0 Å². The van der Waals surface area contributed by atoms with E-state index in [4.69, 9.17) is 0 Å². The maximum Gasteiger partial charge on any atom is 0.305 e. The summed E-state index contributed by atoms with van der Waals surface area (Å²) in [5.41, 5.74) is 0.174. The average Bonchev–Trinajstić information content (AvgIpc) is 2.78. The third-order valence-electron chi connectivity index (χ3n) is 4.05. The van der Waals surface area contributed by atoms with Crippen LogP contribution in [0.1, 0.15) is 40.0 Å². The largest absolute Gasteiger partial charge is 0.469 e. The Kier molecular flexibility index (Phi) is 3.53. The van der Waals surface area contributed by atoms with Gasteiger partial charge >= 0.3 is 5.97 Å². The number of methoxy groups -OCH3 is 1. The van der Waals surface area contributed by atoms with Crippen LogP contribution < -0.4 is 0 Å². The Hall–Kier alpha value is -0.860. The van der Waals surface area contributed by atoms with Crippen LogP contribution in [0.3, 0.4) is 0 Å². The molecule has 15 heavy (non-hydrogen) atoms. The molecular formula is C12H20O3. The summed E-state index contributed by atoms with van der Waals surface area (Å²) in [6, 6.07) is 0. The number of ether oxygens (including phenoxy) is 1. The number of esters is 1. The van der Waals surface area contributed by atoms with Crippen molar-refractivity contribution >= 4 is 11.8 Å². The summed E-state index contributed by atoms with van der Waals surface area (Å²) < 4.78 is 4.51. The highest BCUT2D eigenvalue weighted by Crippen LogP contribution is 2.61. The Morgan fingerprint density at radius 1 is 1.33 bits per heavy atom. The molecule has 0 aromatic carbocycles. The van der Waals surface area contributed by atoms with Crippen molar-refractivity contribution in [2.24, 2.45) is 17.3 Å². The minimum atomic E-state index is -0.296. The van der Waals surface area contributed by atoms with Crippen LogP contribution >= 0.6 is 0 Å². The molecule has 0 amide bonds. The van der Waals surface area contributed by atoms with E-state index < -0.39 is 0 Å². The lowest BCUT2D eigenvalue weighted by molar-refractivity contribution is -0.142. The Morgan fingerprint density at radius 3 is 2.33 bits per heavy atom. The Morgan fingerprint density at radius 2 is 1.93 bits per heavy atom. The second kappa shape index (κ2) is 4.33. The maximum absolute atomic E-state index is 11.8. The lowest BCUT2D eigenvalue weighted by Gasteiger charge is -2.06. The van der Waals surface area contributed by atoms with Crippen molar-refractivity contribution in [3.63, 3.8) is 0 Å². The summed E-state index contributed by atoms with van der Waals surface area (Å²) in [6.07, 6.45) is 1.58. The molecule has 0 aromatic heterocycles. The van der Waals surface area contributed by atoms with Gasteiger partial charge in [0.1, 0.15) is 5.78 Å². The van der Waals surface area contributed by atoms with E-state index in [2.05, 4.69) is 25.5 Å². The summed E-state index contributed by atoms with van der Waals surface area (Å²) in [6.45, 7) is 6.38. The lowest BCUT2D eigenvalue weighted by Crippen LogP contribution is -2.10. The molecule has 3 heteroatoms. The van der Waals surface area contributed by atoms with Crippen LogP contribution in [-0.2, 0) is 14.3 Å². The van der Waals surface area contributed by atoms with E-state index in [-0.39, 0.29) is 29.5 Å². The van der Waals surface area contributed by atoms with Gasteiger partial charge in [-0.1, -0.05) is 20.8 Å². The van der Waals surface area contributed by atoms with Gasteiger partial charge in [-0.3, -0.25) is 9.59 Å². The first-order chi connectivity index (χ1) is 6.97. The number of Topliss-reactive ketones (excluding diaryl/α,β-unsaturated/α-hetero) is 1. The first kappa shape index (κ1) is 12.2. The molecule has 0 aromatic rings. The van der Waals surface area contributed by atoms with Gasteiger partial charge in [0.15, 0.2) is 0 Å². The molecule has 3 atom stereocenters. The zero-order valence-corrected chi connectivity index (χ0v) is 10.0. The molecule has 1 aliphatic carbocycles. The van der Waals surface area contributed by atoms with Crippen molar-refractivity contribution in [3.05, 3.63) is 0 Å². The van der Waals surface area contributed by atoms with E-state index in [0.717, 1.165) is 6.42 Å². The second-order valence-electron chi connectivity index (χ2n) is 4.67. The third-order valence-corrected chi connectivity index (χ3v) is 4.05. The minimum Gasteiger partial charge on any atom is -0.469 e. The van der Waals surface area contributed by atoms with E-state index in [9.17, 15) is 9.59 Å². The summed E-state index contributed by atoms with van der Waals surface area (Å²) in [4.78, 5) is 22.7. The molecule has 0 aliphatic heterocycles. The summed E-state index contributed by atoms with van der Waals surface area (Å²) in [5.74, 6) is 0.548. The minimum absolute atomic E-state index is 0.159. The van der Waals surface area contributed by atoms with Crippen molar-refractivity contribution < 1.29 is 14.3 Å². The number of hydrogen-bond acceptors (Lipinski definition) is 3. The molecule has 1 fully saturated rings. The molecule has 0 N–H and O–H groups in total. The second-order valence-corrected chi connectivity index (χ2v) is 4.67. The molecule has 0 bridgehead atoms. The molecule has 0 heterocycles. The lowest BCUT2D eigenvalue weighted by atomic mass is 9.99. The number of hydrogen-bond donors (Lipinski definition) is 0. The molecular weight excluding hydrogens is 192 g/mol. The molecule has 1 rings (SSSR count). The van der Waals surface area contributed by atoms with E-state index in [1.54, 1.807) is 0 Å². The molecule has 1 saturated carbocycles. The van der Waals surface area contributed by atoms with Gasteiger partial charge in [0, 0.05) is 12.3 Å². The van der Waals surface area contributed by atoms with Crippen LogP contribution in [0.15, 0.2) is 0 Å². The van der Waals surface area contributed by atoms with Crippen LogP contribution in [-0.4, -0.2) is 18.9 Å². The molecule has 1 aliphatic rings. The van der Waals surface area contributed by atoms with E-state index in [0.29, 0.717) is 12.3 Å². The van der Waals surface area contributed by atoms with Crippen molar-refractivity contribution in [1.29, 1.82) is 0 Å². The monoisotopic (exact) mass is 212 g/mol. The number of carbonyl (C=O) groups excluding carboxylic acids is 2. The van der Waals surface area contributed by atoms with Crippen molar-refractivity contribution in [2.45, 2.75) is 40.0 Å². The summed E-state index contributed by atoms with van der Waals surface area (Å²) in [5, 5.41) is 0. The van der Waals surface area contributed by atoms with Crippen molar-refractivity contribution in [2.75, 3.05) is 7.11 Å². The summed E-state index contributed by atoms with van der Waals surface area (Å²) in [7, 11) is 1.35. The molecule has 0 saturated heterocycles. The van der Waals surface area contributed by atoms with Gasteiger partial charge in [-0.05, 0) is 17.8 Å².